The molecule has 1 fully saturated rings. The number of aliphatic hydroxyl groups is 1. The number of rotatable bonds is 3. The zero-order valence-electron chi connectivity index (χ0n) is 11.3. The average Bonchev–Trinajstić information content (AvgIpc) is 2.68. The lowest BCUT2D eigenvalue weighted by Gasteiger charge is -2.35. The molecule has 1 aromatic rings. The first-order valence-electron chi connectivity index (χ1n) is 6.26. The van der Waals surface area contributed by atoms with Gasteiger partial charge in [0.25, 0.3) is 5.91 Å². The van der Waals surface area contributed by atoms with E-state index in [1.807, 2.05) is 0 Å². The minimum absolute atomic E-state index is 0.239. The van der Waals surface area contributed by atoms with E-state index in [0.29, 0.717) is 37.4 Å². The Bertz CT molecular complexity index is 446. The van der Waals surface area contributed by atoms with E-state index >= 15 is 0 Å². The second-order valence-electron chi connectivity index (χ2n) is 5.07. The number of carbonyl (C=O) groups is 1. The Labute approximate surface area is 111 Å². The van der Waals surface area contributed by atoms with Crippen LogP contribution in [0.1, 0.15) is 23.3 Å². The van der Waals surface area contributed by atoms with Crippen molar-refractivity contribution >= 4 is 11.6 Å². The maximum absolute atomic E-state index is 12.3. The lowest BCUT2D eigenvalue weighted by Crippen LogP contribution is -2.47. The normalized spacial score (nSPS) is 18.3. The zero-order chi connectivity index (χ0) is 14.0. The van der Waals surface area contributed by atoms with Gasteiger partial charge in [0.1, 0.15) is 5.69 Å². The topological polar surface area (TPSA) is 93.6 Å². The molecule has 19 heavy (non-hydrogen) atoms. The number of carbonyl (C=O) groups excluding carboxylic acids is 1. The molecule has 7 nitrogen and oxygen atoms in total. The van der Waals surface area contributed by atoms with E-state index in [2.05, 4.69) is 5.10 Å². The molecule has 106 valence electrons. The number of aromatic nitrogens is 2. The largest absolute Gasteiger partial charge is 0.396 e. The molecule has 0 atom stereocenters. The summed E-state index contributed by atoms with van der Waals surface area (Å²) < 4.78 is 6.67. The molecular formula is C12H20N4O3. The van der Waals surface area contributed by atoms with Gasteiger partial charge in [-0.05, 0) is 0 Å². The molecule has 0 bridgehead atoms. The van der Waals surface area contributed by atoms with Gasteiger partial charge in [-0.3, -0.25) is 9.48 Å². The van der Waals surface area contributed by atoms with Crippen LogP contribution in [0, 0.1) is 0 Å². The number of anilines is 1. The van der Waals surface area contributed by atoms with Crippen LogP contribution in [-0.2, 0) is 11.8 Å². The van der Waals surface area contributed by atoms with Gasteiger partial charge in [0, 0.05) is 46.7 Å². The Morgan fingerprint density at radius 1 is 1.63 bits per heavy atom. The number of nitrogen functional groups attached to an aromatic ring is 1. The average molecular weight is 268 g/mol. The first-order valence-corrected chi connectivity index (χ1v) is 6.26. The summed E-state index contributed by atoms with van der Waals surface area (Å²) in [6, 6.07) is 0. The number of nitrogens with two attached hydrogens (primary N) is 1. The second-order valence-corrected chi connectivity index (χ2v) is 5.07. The van der Waals surface area contributed by atoms with E-state index in [1.165, 1.54) is 15.8 Å². The predicted octanol–water partition coefficient (Wildman–Crippen LogP) is -0.384. The third-order valence-electron chi connectivity index (χ3n) is 3.47. The van der Waals surface area contributed by atoms with E-state index in [9.17, 15) is 9.90 Å². The van der Waals surface area contributed by atoms with Crippen molar-refractivity contribution in [2.75, 3.05) is 32.5 Å². The molecule has 1 aliphatic heterocycles. The SMILES string of the molecule is CN(CC1(O)CCOCC1)C(=O)c1c(N)cnn1C. The van der Waals surface area contributed by atoms with Gasteiger partial charge in [-0.15, -0.1) is 0 Å². The summed E-state index contributed by atoms with van der Waals surface area (Å²) in [7, 11) is 3.32. The Kier molecular flexibility index (Phi) is 3.77. The third-order valence-corrected chi connectivity index (χ3v) is 3.47. The molecule has 3 N–H and O–H groups in total. The van der Waals surface area contributed by atoms with Crippen LogP contribution in [-0.4, -0.2) is 58.1 Å². The summed E-state index contributed by atoms with van der Waals surface area (Å²) in [6.07, 6.45) is 2.52. The maximum atomic E-state index is 12.3. The molecule has 1 amide bonds. The van der Waals surface area contributed by atoms with Crippen molar-refractivity contribution in [1.29, 1.82) is 0 Å². The summed E-state index contributed by atoms with van der Waals surface area (Å²) in [6.45, 7) is 1.30. The minimum atomic E-state index is -0.879. The van der Waals surface area contributed by atoms with Crippen LogP contribution in [0.25, 0.3) is 0 Å². The van der Waals surface area contributed by atoms with Crippen molar-refractivity contribution in [2.24, 2.45) is 7.05 Å². The van der Waals surface area contributed by atoms with Crippen molar-refractivity contribution in [2.45, 2.75) is 18.4 Å². The lowest BCUT2D eigenvalue weighted by molar-refractivity contribution is -0.0735. The van der Waals surface area contributed by atoms with Gasteiger partial charge in [0.2, 0.25) is 0 Å². The highest BCUT2D eigenvalue weighted by Crippen LogP contribution is 2.22. The molecule has 0 radical (unpaired) electrons. The van der Waals surface area contributed by atoms with E-state index in [0.717, 1.165) is 0 Å². The number of amides is 1. The second kappa shape index (κ2) is 5.18. The number of aryl methyl sites for hydroxylation is 1. The molecule has 0 aromatic carbocycles. The summed E-state index contributed by atoms with van der Waals surface area (Å²) in [5.74, 6) is -0.239. The lowest BCUT2D eigenvalue weighted by atomic mass is 9.94. The van der Waals surface area contributed by atoms with E-state index in [1.54, 1.807) is 14.1 Å². The highest BCUT2D eigenvalue weighted by Gasteiger charge is 2.33. The van der Waals surface area contributed by atoms with Crippen molar-refractivity contribution in [1.82, 2.24) is 14.7 Å². The Morgan fingerprint density at radius 3 is 2.79 bits per heavy atom. The van der Waals surface area contributed by atoms with Gasteiger partial charge in [0.05, 0.1) is 17.5 Å². The molecular weight excluding hydrogens is 248 g/mol. The van der Waals surface area contributed by atoms with Gasteiger partial charge in [-0.1, -0.05) is 0 Å². The van der Waals surface area contributed by atoms with Crippen LogP contribution >= 0.6 is 0 Å². The summed E-state index contributed by atoms with van der Waals surface area (Å²) in [4.78, 5) is 13.8. The van der Waals surface area contributed by atoms with Crippen molar-refractivity contribution in [3.05, 3.63) is 11.9 Å². The first-order chi connectivity index (χ1) is 8.93. The number of likely N-dealkylation sites (N-methyl/N-ethyl adjacent to an activating group) is 1. The summed E-state index contributed by atoms with van der Waals surface area (Å²) in [5, 5.41) is 14.3. The minimum Gasteiger partial charge on any atom is -0.396 e. The zero-order valence-corrected chi connectivity index (χ0v) is 11.3. The molecule has 0 unspecified atom stereocenters. The van der Waals surface area contributed by atoms with Crippen LogP contribution < -0.4 is 5.73 Å². The molecule has 1 aromatic heterocycles. The van der Waals surface area contributed by atoms with E-state index in [4.69, 9.17) is 10.5 Å². The molecule has 1 aliphatic rings. The van der Waals surface area contributed by atoms with Gasteiger partial charge in [0.15, 0.2) is 0 Å². The van der Waals surface area contributed by atoms with Gasteiger partial charge in [-0.2, -0.15) is 5.10 Å². The predicted molar refractivity (Wildman–Crippen MR) is 69.6 cm³/mol. The molecule has 7 heteroatoms. The van der Waals surface area contributed by atoms with Crippen molar-refractivity contribution < 1.29 is 14.6 Å². The Hall–Kier alpha value is -1.60. The summed E-state index contributed by atoms with van der Waals surface area (Å²) in [5.41, 5.74) is 5.55. The molecule has 2 heterocycles. The van der Waals surface area contributed by atoms with Crippen molar-refractivity contribution in [3.63, 3.8) is 0 Å². The molecule has 2 rings (SSSR count). The Morgan fingerprint density at radius 2 is 2.26 bits per heavy atom. The fraction of sp³-hybridized carbons (Fsp3) is 0.667. The number of ether oxygens (including phenoxy) is 1. The fourth-order valence-electron chi connectivity index (χ4n) is 2.32. The van der Waals surface area contributed by atoms with E-state index < -0.39 is 5.60 Å². The number of hydrogen-bond donors (Lipinski definition) is 2. The smallest absolute Gasteiger partial charge is 0.274 e. The van der Waals surface area contributed by atoms with Gasteiger partial charge in [-0.25, -0.2) is 0 Å². The van der Waals surface area contributed by atoms with Crippen molar-refractivity contribution in [3.8, 4) is 0 Å². The maximum Gasteiger partial charge on any atom is 0.274 e. The van der Waals surface area contributed by atoms with E-state index in [-0.39, 0.29) is 12.5 Å². The third kappa shape index (κ3) is 2.87. The molecule has 0 saturated carbocycles. The van der Waals surface area contributed by atoms with Crippen LogP contribution in [0.15, 0.2) is 6.20 Å². The van der Waals surface area contributed by atoms with Crippen LogP contribution in [0.5, 0.6) is 0 Å². The molecule has 0 aliphatic carbocycles. The van der Waals surface area contributed by atoms with Crippen LogP contribution in [0.3, 0.4) is 0 Å². The number of nitrogens with zero attached hydrogens (tertiary/aromatic N) is 3. The van der Waals surface area contributed by atoms with Crippen LogP contribution in [0.2, 0.25) is 0 Å². The highest BCUT2D eigenvalue weighted by molar-refractivity contribution is 5.97. The standard InChI is InChI=1S/C12H20N4O3/c1-15(8-12(18)3-5-19-6-4-12)11(17)10-9(13)7-14-16(10)2/h7,18H,3-6,8,13H2,1-2H3. The van der Waals surface area contributed by atoms with Gasteiger partial charge < -0.3 is 20.5 Å². The van der Waals surface area contributed by atoms with Crippen LogP contribution in [0.4, 0.5) is 5.69 Å². The molecule has 0 spiro atoms. The summed E-state index contributed by atoms with van der Waals surface area (Å²) >= 11 is 0. The highest BCUT2D eigenvalue weighted by atomic mass is 16.5. The monoisotopic (exact) mass is 268 g/mol. The number of hydrogen-bond acceptors (Lipinski definition) is 5. The molecule has 1 saturated heterocycles. The Balaban J connectivity index is 2.07. The first kappa shape index (κ1) is 13.8. The van der Waals surface area contributed by atoms with Gasteiger partial charge >= 0.3 is 0 Å². The quantitative estimate of drug-likeness (QED) is 0.779. The fourth-order valence-corrected chi connectivity index (χ4v) is 2.32.